The zero-order valence-corrected chi connectivity index (χ0v) is 13.7. The normalized spacial score (nSPS) is 26.2. The molecule has 2 bridgehead atoms. The van der Waals surface area contributed by atoms with Gasteiger partial charge in [0.25, 0.3) is 0 Å². The van der Waals surface area contributed by atoms with Crippen molar-refractivity contribution in [1.29, 1.82) is 0 Å². The van der Waals surface area contributed by atoms with Crippen LogP contribution in [0.1, 0.15) is 30.5 Å². The van der Waals surface area contributed by atoms with E-state index in [1.165, 1.54) is 6.07 Å². The average Bonchev–Trinajstić information content (AvgIpc) is 3.10. The van der Waals surface area contributed by atoms with Crippen LogP contribution in [0.15, 0.2) is 30.4 Å². The molecule has 8 heteroatoms. The number of ether oxygens (including phenoxy) is 1. The van der Waals surface area contributed by atoms with Gasteiger partial charge >= 0.3 is 6.18 Å². The molecule has 2 aliphatic heterocycles. The van der Waals surface area contributed by atoms with Crippen molar-refractivity contribution in [2.45, 2.75) is 31.2 Å². The van der Waals surface area contributed by atoms with E-state index in [1.807, 2.05) is 0 Å². The summed E-state index contributed by atoms with van der Waals surface area (Å²) in [4.78, 5) is 2.89. The van der Waals surface area contributed by atoms with Crippen molar-refractivity contribution in [1.82, 2.24) is 4.57 Å². The monoisotopic (exact) mass is 362 g/mol. The number of alkyl halides is 3. The van der Waals surface area contributed by atoms with E-state index in [0.717, 1.165) is 16.7 Å². The molecule has 4 rings (SSSR count). The van der Waals surface area contributed by atoms with Gasteiger partial charge in [0.1, 0.15) is 11.2 Å². The van der Waals surface area contributed by atoms with E-state index in [9.17, 15) is 23.4 Å². The fourth-order valence-electron chi connectivity index (χ4n) is 3.82. The first kappa shape index (κ1) is 16.5. The molecule has 134 valence electrons. The van der Waals surface area contributed by atoms with E-state index < -0.39 is 40.4 Å². The van der Waals surface area contributed by atoms with Crippen molar-refractivity contribution < 1.29 is 28.1 Å². The third kappa shape index (κ3) is 1.89. The summed E-state index contributed by atoms with van der Waals surface area (Å²) in [6.07, 6.45) is -1.26. The highest BCUT2D eigenvalue weighted by Gasteiger charge is 2.56. The Morgan fingerprint density at radius 1 is 1.08 bits per heavy atom. The van der Waals surface area contributed by atoms with Crippen molar-refractivity contribution in [3.8, 4) is 17.4 Å². The van der Waals surface area contributed by atoms with Crippen LogP contribution in [0.2, 0.25) is 0 Å². The van der Waals surface area contributed by atoms with Gasteiger partial charge in [0.15, 0.2) is 5.69 Å². The molecule has 1 aromatic carbocycles. The second-order valence-electron chi connectivity index (χ2n) is 6.69. The van der Waals surface area contributed by atoms with Crippen molar-refractivity contribution in [3.05, 3.63) is 58.5 Å². The molecule has 26 heavy (non-hydrogen) atoms. The van der Waals surface area contributed by atoms with Crippen molar-refractivity contribution in [3.63, 3.8) is 0 Å². The molecule has 1 aromatic heterocycles. The van der Waals surface area contributed by atoms with Crippen LogP contribution in [-0.4, -0.2) is 14.8 Å². The molecular formula is C18H13F3N2O3. The summed E-state index contributed by atoms with van der Waals surface area (Å²) in [5.74, 6) is -0.784. The largest absolute Gasteiger partial charge is 0.494 e. The van der Waals surface area contributed by atoms with E-state index in [2.05, 4.69) is 4.85 Å². The van der Waals surface area contributed by atoms with Crippen LogP contribution in [0, 0.1) is 6.57 Å². The molecule has 5 nitrogen and oxygen atoms in total. The van der Waals surface area contributed by atoms with E-state index in [-0.39, 0.29) is 5.69 Å². The number of halogens is 3. The standard InChI is InChI=1S/C18H13F3N2O3/c1-16-6-7-17(2,26-16)13-12(16)14(24)23(15(13)25)9-4-5-11(22-3)10(8-9)18(19,20)21/h4-8,24-25H,1-2H3/t16-,17+. The predicted octanol–water partition coefficient (Wildman–Crippen LogP) is 4.49. The Balaban J connectivity index is 1.97. The van der Waals surface area contributed by atoms with Gasteiger partial charge in [-0.25, -0.2) is 4.85 Å². The van der Waals surface area contributed by atoms with Crippen molar-refractivity contribution in [2.24, 2.45) is 0 Å². The van der Waals surface area contributed by atoms with E-state index >= 15 is 0 Å². The van der Waals surface area contributed by atoms with Gasteiger partial charge in [-0.2, -0.15) is 13.2 Å². The third-order valence-corrected chi connectivity index (χ3v) is 4.92. The lowest BCUT2D eigenvalue weighted by molar-refractivity contribution is -0.136. The van der Waals surface area contributed by atoms with E-state index in [4.69, 9.17) is 11.3 Å². The molecule has 0 saturated heterocycles. The Kier molecular flexibility index (Phi) is 2.94. The Labute approximate surface area is 146 Å². The first-order valence-electron chi connectivity index (χ1n) is 7.69. The molecule has 2 aromatic rings. The Bertz CT molecular complexity index is 990. The molecule has 2 N–H and O–H groups in total. The van der Waals surface area contributed by atoms with Crippen LogP contribution in [0.5, 0.6) is 11.8 Å². The van der Waals surface area contributed by atoms with Crippen LogP contribution in [0.4, 0.5) is 18.9 Å². The van der Waals surface area contributed by atoms with Gasteiger partial charge in [0, 0.05) is 0 Å². The predicted molar refractivity (Wildman–Crippen MR) is 85.3 cm³/mol. The van der Waals surface area contributed by atoms with Gasteiger partial charge in [0.2, 0.25) is 11.8 Å². The summed E-state index contributed by atoms with van der Waals surface area (Å²) < 4.78 is 46.5. The fourth-order valence-corrected chi connectivity index (χ4v) is 3.82. The van der Waals surface area contributed by atoms with Gasteiger partial charge < -0.3 is 14.9 Å². The number of aromatic hydroxyl groups is 2. The molecule has 0 radical (unpaired) electrons. The lowest BCUT2D eigenvalue weighted by Crippen LogP contribution is -2.19. The summed E-state index contributed by atoms with van der Waals surface area (Å²) in [5, 5.41) is 21.3. The number of rotatable bonds is 1. The molecule has 2 atom stereocenters. The molecule has 0 aliphatic carbocycles. The minimum Gasteiger partial charge on any atom is -0.494 e. The third-order valence-electron chi connectivity index (χ3n) is 4.92. The fraction of sp³-hybridized carbons (Fsp3) is 0.278. The Morgan fingerprint density at radius 3 is 2.08 bits per heavy atom. The van der Waals surface area contributed by atoms with E-state index in [1.54, 1.807) is 26.0 Å². The topological polar surface area (TPSA) is 59.0 Å². The molecular weight excluding hydrogens is 349 g/mol. The van der Waals surface area contributed by atoms with Crippen molar-refractivity contribution in [2.75, 3.05) is 0 Å². The maximum atomic E-state index is 13.2. The van der Waals surface area contributed by atoms with Crippen molar-refractivity contribution >= 4 is 5.69 Å². The maximum Gasteiger partial charge on any atom is 0.407 e. The summed E-state index contributed by atoms with van der Waals surface area (Å²) in [6.45, 7) is 10.3. The first-order chi connectivity index (χ1) is 12.0. The zero-order chi connectivity index (χ0) is 19.1. The van der Waals surface area contributed by atoms with Crippen LogP contribution in [-0.2, 0) is 22.1 Å². The highest BCUT2D eigenvalue weighted by atomic mass is 19.4. The number of benzene rings is 1. The molecule has 2 aliphatic rings. The second kappa shape index (κ2) is 4.62. The summed E-state index contributed by atoms with van der Waals surface area (Å²) in [6, 6.07) is 3.00. The lowest BCUT2D eigenvalue weighted by atomic mass is 9.86. The second-order valence-corrected chi connectivity index (χ2v) is 6.69. The van der Waals surface area contributed by atoms with Gasteiger partial charge in [-0.1, -0.05) is 6.07 Å². The summed E-state index contributed by atoms with van der Waals surface area (Å²) >= 11 is 0. The first-order valence-corrected chi connectivity index (χ1v) is 7.69. The van der Waals surface area contributed by atoms with Crippen LogP contribution in [0.3, 0.4) is 0 Å². The average molecular weight is 362 g/mol. The lowest BCUT2D eigenvalue weighted by Gasteiger charge is -2.21. The maximum absolute atomic E-state index is 13.2. The molecule has 0 amide bonds. The molecule has 0 saturated carbocycles. The smallest absolute Gasteiger partial charge is 0.407 e. The van der Waals surface area contributed by atoms with Gasteiger partial charge in [-0.3, -0.25) is 4.57 Å². The Hall–Kier alpha value is -2.92. The van der Waals surface area contributed by atoms with Gasteiger partial charge in [-0.05, 0) is 38.1 Å². The zero-order valence-electron chi connectivity index (χ0n) is 13.7. The molecule has 0 spiro atoms. The summed E-state index contributed by atoms with van der Waals surface area (Å²) in [7, 11) is 0. The molecule has 0 unspecified atom stereocenters. The SMILES string of the molecule is [C-]#[N+]c1ccc(-n2c(O)c3c(c2O)[C@]2(C)C=C[C@@]3(C)O2)cc1C(F)(F)F. The number of hydrogen-bond donors (Lipinski definition) is 2. The number of aromatic nitrogens is 1. The minimum absolute atomic E-state index is 0.0966. The molecule has 0 fully saturated rings. The van der Waals surface area contributed by atoms with Gasteiger partial charge in [0.05, 0.1) is 28.9 Å². The Morgan fingerprint density at radius 2 is 1.62 bits per heavy atom. The quantitative estimate of drug-likeness (QED) is 0.581. The highest BCUT2D eigenvalue weighted by molar-refractivity contribution is 5.66. The number of fused-ring (bicyclic) bond motifs is 5. The van der Waals surface area contributed by atoms with E-state index in [0.29, 0.717) is 11.1 Å². The van der Waals surface area contributed by atoms with Crippen LogP contribution >= 0.6 is 0 Å². The summed E-state index contributed by atoms with van der Waals surface area (Å²) in [5.41, 5.74) is -3.08. The highest BCUT2D eigenvalue weighted by Crippen LogP contribution is 2.61. The van der Waals surface area contributed by atoms with Gasteiger partial charge in [-0.15, -0.1) is 0 Å². The number of hydrogen-bond acceptors (Lipinski definition) is 3. The molecule has 3 heterocycles. The number of nitrogens with zero attached hydrogens (tertiary/aromatic N) is 2. The minimum atomic E-state index is -4.74. The van der Waals surface area contributed by atoms with Crippen LogP contribution < -0.4 is 0 Å². The van der Waals surface area contributed by atoms with Crippen LogP contribution in [0.25, 0.3) is 10.5 Å².